The van der Waals surface area contributed by atoms with Crippen molar-refractivity contribution in [2.24, 2.45) is 0 Å². The zero-order valence-electron chi connectivity index (χ0n) is 9.72. The van der Waals surface area contributed by atoms with Crippen LogP contribution in [0.5, 0.6) is 0 Å². The highest BCUT2D eigenvalue weighted by Crippen LogP contribution is 2.45. The second-order valence-corrected chi connectivity index (χ2v) is 5.16. The topological polar surface area (TPSA) is 115 Å². The van der Waals surface area contributed by atoms with E-state index in [1.165, 1.54) is 14.0 Å². The summed E-state index contributed by atoms with van der Waals surface area (Å²) in [5, 5.41) is 19.2. The lowest BCUT2D eigenvalue weighted by Gasteiger charge is -2.40. The normalized spacial score (nSPS) is 42.1. The second-order valence-electron chi connectivity index (χ2n) is 3.65. The van der Waals surface area contributed by atoms with Crippen molar-refractivity contribution >= 4 is 7.82 Å². The van der Waals surface area contributed by atoms with Crippen LogP contribution in [0.25, 0.3) is 0 Å². The summed E-state index contributed by atoms with van der Waals surface area (Å²) in [6.07, 6.45) is -5.61. The lowest BCUT2D eigenvalue weighted by molar-refractivity contribution is -0.277. The number of phosphoric ester groups is 1. The van der Waals surface area contributed by atoms with Gasteiger partial charge in [-0.15, -0.1) is 0 Å². The lowest BCUT2D eigenvalue weighted by atomic mass is 10.00. The summed E-state index contributed by atoms with van der Waals surface area (Å²) in [7, 11) is -2.01. The molecule has 8 nitrogen and oxygen atoms in total. The van der Waals surface area contributed by atoms with E-state index in [0.29, 0.717) is 0 Å². The molecule has 9 heteroatoms. The van der Waals surface area contributed by atoms with Crippen molar-refractivity contribution in [3.8, 4) is 0 Å². The molecule has 0 aromatic carbocycles. The Labute approximate surface area is 98.7 Å². The maximum Gasteiger partial charge on any atom is 0.474 e. The minimum atomic E-state index is -4.26. The van der Waals surface area contributed by atoms with Gasteiger partial charge in [-0.25, -0.2) is 4.57 Å². The minimum Gasteiger partial charge on any atom is -0.388 e. The van der Waals surface area contributed by atoms with Crippen LogP contribution >= 0.6 is 7.82 Å². The van der Waals surface area contributed by atoms with E-state index in [4.69, 9.17) is 18.9 Å². The van der Waals surface area contributed by atoms with Crippen LogP contribution in [0.3, 0.4) is 0 Å². The number of phosphoric acid groups is 1. The smallest absolute Gasteiger partial charge is 0.388 e. The molecule has 1 saturated heterocycles. The molecule has 102 valence electrons. The Hall–Kier alpha value is -0.0500. The second kappa shape index (κ2) is 5.73. The lowest BCUT2D eigenvalue weighted by Crippen LogP contribution is -2.57. The highest BCUT2D eigenvalue weighted by atomic mass is 31.2. The summed E-state index contributed by atoms with van der Waals surface area (Å²) in [4.78, 5) is 9.16. The molecule has 0 bridgehead atoms. The van der Waals surface area contributed by atoms with Gasteiger partial charge >= 0.3 is 7.82 Å². The van der Waals surface area contributed by atoms with E-state index in [2.05, 4.69) is 4.52 Å². The standard InChI is InChI=1S/C8H17O8P/c1-4-5(9)6(10)7(13-2)8(15-4)16-17(11,12)14-3/h4-10H,1-3H3,(H,11,12)/t4-,5-,6+,7+,8-/m0/s1. The Morgan fingerprint density at radius 3 is 2.29 bits per heavy atom. The molecule has 1 unspecified atom stereocenters. The first-order chi connectivity index (χ1) is 7.82. The molecule has 1 heterocycles. The number of aliphatic hydroxyl groups excluding tert-OH is 2. The quantitative estimate of drug-likeness (QED) is 0.572. The maximum atomic E-state index is 11.2. The third kappa shape index (κ3) is 3.46. The fraction of sp³-hybridized carbons (Fsp3) is 1.00. The largest absolute Gasteiger partial charge is 0.474 e. The number of hydrogen-bond acceptors (Lipinski definition) is 7. The summed E-state index contributed by atoms with van der Waals surface area (Å²) in [5.74, 6) is 0. The van der Waals surface area contributed by atoms with Gasteiger partial charge in [0.25, 0.3) is 0 Å². The molecule has 0 aromatic rings. The maximum absolute atomic E-state index is 11.2. The molecule has 6 atom stereocenters. The van der Waals surface area contributed by atoms with Gasteiger partial charge in [-0.05, 0) is 6.92 Å². The minimum absolute atomic E-state index is 0.766. The van der Waals surface area contributed by atoms with Crippen LogP contribution in [0.4, 0.5) is 0 Å². The predicted octanol–water partition coefficient (Wildman–Crippen LogP) is -0.769. The summed E-state index contributed by atoms with van der Waals surface area (Å²) in [6.45, 7) is 1.49. The number of aliphatic hydroxyl groups is 2. The molecule has 1 aliphatic heterocycles. The molecule has 0 saturated carbocycles. The van der Waals surface area contributed by atoms with Crippen molar-refractivity contribution in [3.63, 3.8) is 0 Å². The van der Waals surface area contributed by atoms with E-state index >= 15 is 0 Å². The molecule has 1 aliphatic rings. The van der Waals surface area contributed by atoms with Gasteiger partial charge in [-0.2, -0.15) is 0 Å². The molecule has 0 radical (unpaired) electrons. The van der Waals surface area contributed by atoms with E-state index in [-0.39, 0.29) is 0 Å². The van der Waals surface area contributed by atoms with Gasteiger partial charge < -0.3 is 24.6 Å². The Morgan fingerprint density at radius 2 is 1.82 bits per heavy atom. The first-order valence-corrected chi connectivity index (χ1v) is 6.43. The average Bonchev–Trinajstić information content (AvgIpc) is 2.26. The van der Waals surface area contributed by atoms with E-state index in [1.54, 1.807) is 0 Å². The van der Waals surface area contributed by atoms with Crippen molar-refractivity contribution in [2.45, 2.75) is 37.6 Å². The highest BCUT2D eigenvalue weighted by Gasteiger charge is 2.46. The number of methoxy groups -OCH3 is 1. The molecule has 1 fully saturated rings. The van der Waals surface area contributed by atoms with Crippen molar-refractivity contribution in [1.29, 1.82) is 0 Å². The van der Waals surface area contributed by atoms with Crippen LogP contribution in [0.2, 0.25) is 0 Å². The Morgan fingerprint density at radius 1 is 1.24 bits per heavy atom. The molecule has 0 amide bonds. The van der Waals surface area contributed by atoms with Gasteiger partial charge in [0.1, 0.15) is 18.3 Å². The van der Waals surface area contributed by atoms with Gasteiger partial charge in [-0.1, -0.05) is 0 Å². The number of ether oxygens (including phenoxy) is 2. The molecule has 0 aromatic heterocycles. The molecular weight excluding hydrogens is 255 g/mol. The van der Waals surface area contributed by atoms with E-state index in [9.17, 15) is 14.8 Å². The van der Waals surface area contributed by atoms with Crippen LogP contribution in [-0.2, 0) is 23.1 Å². The summed E-state index contributed by atoms with van der Waals surface area (Å²) >= 11 is 0. The predicted molar refractivity (Wildman–Crippen MR) is 55.1 cm³/mol. The third-order valence-electron chi connectivity index (χ3n) is 2.52. The van der Waals surface area contributed by atoms with E-state index < -0.39 is 38.5 Å². The summed E-state index contributed by atoms with van der Waals surface area (Å²) in [5.41, 5.74) is 0. The van der Waals surface area contributed by atoms with Gasteiger partial charge in [0, 0.05) is 14.2 Å². The zero-order valence-corrected chi connectivity index (χ0v) is 10.6. The van der Waals surface area contributed by atoms with Gasteiger partial charge in [-0.3, -0.25) is 9.05 Å². The zero-order chi connectivity index (χ0) is 13.2. The molecule has 17 heavy (non-hydrogen) atoms. The Bertz CT molecular complexity index is 297. The van der Waals surface area contributed by atoms with Gasteiger partial charge in [0.2, 0.25) is 0 Å². The van der Waals surface area contributed by atoms with Crippen LogP contribution in [0.15, 0.2) is 0 Å². The van der Waals surface area contributed by atoms with Crippen molar-refractivity contribution in [1.82, 2.24) is 0 Å². The third-order valence-corrected chi connectivity index (χ3v) is 3.46. The van der Waals surface area contributed by atoms with Crippen molar-refractivity contribution in [3.05, 3.63) is 0 Å². The number of rotatable bonds is 4. The fourth-order valence-corrected chi connectivity index (χ4v) is 2.03. The summed E-state index contributed by atoms with van der Waals surface area (Å²) in [6, 6.07) is 0. The van der Waals surface area contributed by atoms with Crippen LogP contribution in [-0.4, -0.2) is 60.0 Å². The number of hydrogen-bond donors (Lipinski definition) is 3. The van der Waals surface area contributed by atoms with Crippen LogP contribution in [0.1, 0.15) is 6.92 Å². The van der Waals surface area contributed by atoms with Crippen LogP contribution < -0.4 is 0 Å². The van der Waals surface area contributed by atoms with Crippen molar-refractivity contribution < 1.29 is 38.2 Å². The summed E-state index contributed by atoms with van der Waals surface area (Å²) < 4.78 is 30.2. The van der Waals surface area contributed by atoms with E-state index in [1.807, 2.05) is 0 Å². The van der Waals surface area contributed by atoms with Crippen molar-refractivity contribution in [2.75, 3.05) is 14.2 Å². The average molecular weight is 272 g/mol. The van der Waals surface area contributed by atoms with Gasteiger partial charge in [0.15, 0.2) is 6.29 Å². The molecule has 0 spiro atoms. The Balaban J connectivity index is 2.79. The fourth-order valence-electron chi connectivity index (χ4n) is 1.51. The Kier molecular flexibility index (Phi) is 5.06. The molecule has 0 aliphatic carbocycles. The highest BCUT2D eigenvalue weighted by molar-refractivity contribution is 7.47. The molecule has 1 rings (SSSR count). The first kappa shape index (κ1) is 15.0. The molecule has 3 N–H and O–H groups in total. The van der Waals surface area contributed by atoms with Crippen LogP contribution in [0, 0.1) is 0 Å². The first-order valence-electron chi connectivity index (χ1n) is 4.93. The van der Waals surface area contributed by atoms with Gasteiger partial charge in [0.05, 0.1) is 6.10 Å². The monoisotopic (exact) mass is 272 g/mol. The van der Waals surface area contributed by atoms with E-state index in [0.717, 1.165) is 7.11 Å². The SMILES string of the molecule is CO[C@H]1[C@H](OP(=O)(O)OC)O[C@@H](C)[C@H](O)[C@H]1O. The molecular formula is C8H17O8P.